The van der Waals surface area contributed by atoms with Gasteiger partial charge in [0.15, 0.2) is 5.78 Å². The van der Waals surface area contributed by atoms with Crippen LogP contribution in [0.4, 0.5) is 10.5 Å². The van der Waals surface area contributed by atoms with Gasteiger partial charge in [0, 0.05) is 23.9 Å². The number of ether oxygens (including phenoxy) is 1. The average Bonchev–Trinajstić information content (AvgIpc) is 3.47. The highest BCUT2D eigenvalue weighted by atomic mass is 16.7. The van der Waals surface area contributed by atoms with Crippen LogP contribution in [-0.4, -0.2) is 48.8 Å². The maximum atomic E-state index is 13.2. The Hall–Kier alpha value is -3.95. The van der Waals surface area contributed by atoms with Crippen molar-refractivity contribution in [2.24, 2.45) is 11.8 Å². The number of fused-ring (bicyclic) bond motifs is 3. The number of benzene rings is 3. The molecule has 1 heterocycles. The lowest BCUT2D eigenvalue weighted by Gasteiger charge is -2.32. The first-order valence-electron chi connectivity index (χ1n) is 16.7. The smallest absolute Gasteiger partial charge is 0.449 e. The number of carbonyl (C=O) groups is 3. The van der Waals surface area contributed by atoms with Crippen LogP contribution in [0, 0.1) is 11.8 Å². The first-order chi connectivity index (χ1) is 22.3. The van der Waals surface area contributed by atoms with E-state index in [2.05, 4.69) is 34.9 Å². The van der Waals surface area contributed by atoms with Gasteiger partial charge in [0.1, 0.15) is 6.61 Å². The molecule has 248 valence electrons. The van der Waals surface area contributed by atoms with Crippen molar-refractivity contribution in [2.75, 3.05) is 11.9 Å². The molecule has 47 heavy (non-hydrogen) atoms. The van der Waals surface area contributed by atoms with Crippen molar-refractivity contribution in [2.45, 2.75) is 90.9 Å². The summed E-state index contributed by atoms with van der Waals surface area (Å²) in [5.41, 5.74) is 5.31. The second-order valence-corrected chi connectivity index (χ2v) is 14.2. The van der Waals surface area contributed by atoms with E-state index >= 15 is 0 Å². The summed E-state index contributed by atoms with van der Waals surface area (Å²) >= 11 is 0. The number of hydrogen-bond donors (Lipinski definition) is 2. The van der Waals surface area contributed by atoms with Gasteiger partial charge in [0.2, 0.25) is 5.91 Å². The highest BCUT2D eigenvalue weighted by Gasteiger charge is 2.51. The quantitative estimate of drug-likeness (QED) is 0.210. The summed E-state index contributed by atoms with van der Waals surface area (Å²) in [7, 11) is -0.463. The minimum Gasteiger partial charge on any atom is -0.449 e. The molecule has 2 atom stereocenters. The third-order valence-corrected chi connectivity index (χ3v) is 9.84. The van der Waals surface area contributed by atoms with E-state index in [9.17, 15) is 14.4 Å². The van der Waals surface area contributed by atoms with Crippen LogP contribution >= 0.6 is 0 Å². The summed E-state index contributed by atoms with van der Waals surface area (Å²) < 4.78 is 17.9. The fourth-order valence-corrected chi connectivity index (χ4v) is 6.22. The molecular weight excluding hydrogens is 591 g/mol. The van der Waals surface area contributed by atoms with Gasteiger partial charge in [-0.25, -0.2) is 4.79 Å². The van der Waals surface area contributed by atoms with Gasteiger partial charge in [0.05, 0.1) is 17.2 Å². The Kier molecular flexibility index (Phi) is 10.3. The lowest BCUT2D eigenvalue weighted by molar-refractivity contribution is -0.123. The number of Topliss-reactive ketones (excluding diaryl/α,β-unsaturated/α-hetero) is 1. The Morgan fingerprint density at radius 1 is 0.830 bits per heavy atom. The highest BCUT2D eigenvalue weighted by Crippen LogP contribution is 2.44. The molecule has 8 nitrogen and oxygen atoms in total. The van der Waals surface area contributed by atoms with E-state index in [4.69, 9.17) is 14.0 Å². The van der Waals surface area contributed by atoms with Crippen molar-refractivity contribution in [3.63, 3.8) is 0 Å². The molecule has 2 unspecified atom stereocenters. The molecule has 0 radical (unpaired) electrons. The van der Waals surface area contributed by atoms with Crippen molar-refractivity contribution < 1.29 is 28.4 Å². The van der Waals surface area contributed by atoms with Gasteiger partial charge in [-0.2, -0.15) is 0 Å². The fourth-order valence-electron chi connectivity index (χ4n) is 6.22. The van der Waals surface area contributed by atoms with E-state index < -0.39 is 30.5 Å². The number of alkyl carbamates (subject to hydrolysis) is 1. The minimum atomic E-state index is -0.669. The molecule has 0 spiro atoms. The number of amides is 2. The van der Waals surface area contributed by atoms with Gasteiger partial charge < -0.3 is 24.7 Å². The number of ketones is 1. The largest absolute Gasteiger partial charge is 0.494 e. The monoisotopic (exact) mass is 638 g/mol. The van der Waals surface area contributed by atoms with Crippen LogP contribution in [0.3, 0.4) is 0 Å². The van der Waals surface area contributed by atoms with E-state index in [1.807, 2.05) is 97.0 Å². The van der Waals surface area contributed by atoms with Gasteiger partial charge in [-0.05, 0) is 86.3 Å². The fraction of sp³-hybridized carbons (Fsp3) is 0.447. The number of nitrogens with one attached hydrogen (secondary N) is 2. The SMILES string of the molecule is CC(CCCC(=O)C(NC(=O)OCC1c2ccccc2-c2ccccc21)C(C)C)C(=O)Nc1ccc(B2OC(C)(C)C(C)(C)O2)cc1. The van der Waals surface area contributed by atoms with Crippen LogP contribution in [0.15, 0.2) is 72.8 Å². The van der Waals surface area contributed by atoms with Crippen LogP contribution < -0.4 is 16.1 Å². The summed E-state index contributed by atoms with van der Waals surface area (Å²) in [6.07, 6.45) is 0.729. The minimum absolute atomic E-state index is 0.0536. The van der Waals surface area contributed by atoms with Crippen LogP contribution in [0.1, 0.15) is 84.8 Å². The molecule has 1 fully saturated rings. The molecule has 9 heteroatoms. The van der Waals surface area contributed by atoms with E-state index in [-0.39, 0.29) is 42.5 Å². The molecular formula is C38H47BN2O6. The summed E-state index contributed by atoms with van der Waals surface area (Å²) in [6, 6.07) is 23.2. The molecule has 5 rings (SSSR count). The molecule has 0 aromatic heterocycles. The number of rotatable bonds is 12. The Bertz CT molecular complexity index is 1540. The van der Waals surface area contributed by atoms with Crippen LogP contribution in [0.5, 0.6) is 0 Å². The van der Waals surface area contributed by atoms with Gasteiger partial charge in [-0.3, -0.25) is 9.59 Å². The van der Waals surface area contributed by atoms with Gasteiger partial charge >= 0.3 is 13.2 Å². The predicted molar refractivity (Wildman–Crippen MR) is 186 cm³/mol. The molecule has 1 aliphatic heterocycles. The van der Waals surface area contributed by atoms with Crippen LogP contribution in [0.25, 0.3) is 11.1 Å². The molecule has 0 bridgehead atoms. The Morgan fingerprint density at radius 3 is 1.94 bits per heavy atom. The topological polar surface area (TPSA) is 103 Å². The summed E-state index contributed by atoms with van der Waals surface area (Å²) in [4.78, 5) is 39.0. The summed E-state index contributed by atoms with van der Waals surface area (Å²) in [5, 5.41) is 5.78. The second-order valence-electron chi connectivity index (χ2n) is 14.2. The molecule has 3 aromatic carbocycles. The Balaban J connectivity index is 1.07. The first-order valence-corrected chi connectivity index (χ1v) is 16.7. The number of anilines is 1. The number of carbonyl (C=O) groups excluding carboxylic acids is 3. The standard InChI is InChI=1S/C38H47BN2O6/c1-24(2)34(41-36(44)45-23-32-30-16-10-8-14-28(30)29-15-9-11-17-31(29)32)33(42)18-12-13-25(3)35(43)40-27-21-19-26(20-22-27)39-46-37(4,5)38(6,7)47-39/h8-11,14-17,19-22,24-25,32,34H,12-13,18,23H2,1-7H3,(H,40,43)(H,41,44). The molecule has 2 amide bonds. The number of hydrogen-bond acceptors (Lipinski definition) is 6. The molecule has 3 aromatic rings. The third-order valence-electron chi connectivity index (χ3n) is 9.84. The summed E-state index contributed by atoms with van der Waals surface area (Å²) in [5.74, 6) is -0.637. The normalized spacial score (nSPS) is 17.5. The zero-order valence-corrected chi connectivity index (χ0v) is 28.6. The van der Waals surface area contributed by atoms with Crippen molar-refractivity contribution in [1.82, 2.24) is 5.32 Å². The van der Waals surface area contributed by atoms with E-state index in [1.54, 1.807) is 0 Å². The maximum Gasteiger partial charge on any atom is 0.494 e. The maximum absolute atomic E-state index is 13.2. The average molecular weight is 639 g/mol. The zero-order chi connectivity index (χ0) is 33.9. The van der Waals surface area contributed by atoms with Crippen molar-refractivity contribution in [3.05, 3.63) is 83.9 Å². The van der Waals surface area contributed by atoms with Crippen LogP contribution in [-0.2, 0) is 23.6 Å². The molecule has 1 saturated heterocycles. The first kappa shape index (κ1) is 34.4. The molecule has 2 N–H and O–H groups in total. The van der Waals surface area contributed by atoms with Crippen molar-refractivity contribution in [3.8, 4) is 11.1 Å². The lowest BCUT2D eigenvalue weighted by Crippen LogP contribution is -2.44. The highest BCUT2D eigenvalue weighted by molar-refractivity contribution is 6.62. The molecule has 1 aliphatic carbocycles. The van der Waals surface area contributed by atoms with Crippen LogP contribution in [0.2, 0.25) is 0 Å². The Morgan fingerprint density at radius 2 is 1.38 bits per heavy atom. The van der Waals surface area contributed by atoms with E-state index in [1.165, 1.54) is 0 Å². The van der Waals surface area contributed by atoms with Gasteiger partial charge in [-0.1, -0.05) is 81.4 Å². The van der Waals surface area contributed by atoms with Crippen molar-refractivity contribution in [1.29, 1.82) is 0 Å². The summed E-state index contributed by atoms with van der Waals surface area (Å²) in [6.45, 7) is 13.9. The third kappa shape index (κ3) is 7.63. The molecule has 0 saturated carbocycles. The molecule has 2 aliphatic rings. The zero-order valence-electron chi connectivity index (χ0n) is 28.6. The van der Waals surface area contributed by atoms with Gasteiger partial charge in [0.25, 0.3) is 0 Å². The second kappa shape index (κ2) is 14.0. The Labute approximate surface area is 279 Å². The predicted octanol–water partition coefficient (Wildman–Crippen LogP) is 6.86. The van der Waals surface area contributed by atoms with Gasteiger partial charge in [-0.15, -0.1) is 0 Å². The van der Waals surface area contributed by atoms with Crippen molar-refractivity contribution >= 4 is 36.1 Å². The lowest BCUT2D eigenvalue weighted by atomic mass is 9.79. The van der Waals surface area contributed by atoms with E-state index in [0.717, 1.165) is 27.7 Å². The van der Waals surface area contributed by atoms with E-state index in [0.29, 0.717) is 18.5 Å².